The van der Waals surface area contributed by atoms with Crippen LogP contribution in [-0.4, -0.2) is 29.1 Å². The summed E-state index contributed by atoms with van der Waals surface area (Å²) < 4.78 is 0. The quantitative estimate of drug-likeness (QED) is 0.922. The lowest BCUT2D eigenvalue weighted by Gasteiger charge is -2.31. The van der Waals surface area contributed by atoms with Crippen molar-refractivity contribution in [2.45, 2.75) is 19.8 Å². The molecule has 1 aromatic carbocycles. The monoisotopic (exact) mass is 304 g/mol. The van der Waals surface area contributed by atoms with Gasteiger partial charge in [-0.2, -0.15) is 0 Å². The average molecular weight is 305 g/mol. The van der Waals surface area contributed by atoms with Crippen molar-refractivity contribution >= 4 is 34.3 Å². The number of aromatic nitrogens is 1. The van der Waals surface area contributed by atoms with Gasteiger partial charge in [0.05, 0.1) is 11.4 Å². The lowest BCUT2D eigenvalue weighted by Crippen LogP contribution is -2.39. The second-order valence-electron chi connectivity index (χ2n) is 5.54. The van der Waals surface area contributed by atoms with E-state index in [2.05, 4.69) is 4.90 Å². The van der Waals surface area contributed by atoms with E-state index < -0.39 is 5.97 Å². The first-order valence-corrected chi connectivity index (χ1v) is 7.47. The first-order chi connectivity index (χ1) is 10.1. The van der Waals surface area contributed by atoms with Crippen LogP contribution in [0.3, 0.4) is 0 Å². The Hall–Kier alpha value is -1.81. The van der Waals surface area contributed by atoms with Crippen molar-refractivity contribution in [3.05, 3.63) is 34.9 Å². The van der Waals surface area contributed by atoms with Crippen LogP contribution in [0.4, 0.5) is 5.82 Å². The number of halogens is 1. The maximum atomic E-state index is 11.2. The van der Waals surface area contributed by atoms with Crippen molar-refractivity contribution in [3.63, 3.8) is 0 Å². The van der Waals surface area contributed by atoms with Gasteiger partial charge in [-0.15, -0.1) is 0 Å². The number of hydrogen-bond acceptors (Lipinski definition) is 3. The van der Waals surface area contributed by atoms with E-state index in [0.29, 0.717) is 11.6 Å². The van der Waals surface area contributed by atoms with Crippen molar-refractivity contribution in [1.82, 2.24) is 4.98 Å². The highest BCUT2D eigenvalue weighted by atomic mass is 35.5. The van der Waals surface area contributed by atoms with Crippen LogP contribution in [0.5, 0.6) is 0 Å². The second-order valence-corrected chi connectivity index (χ2v) is 5.94. The Morgan fingerprint density at radius 2 is 2.14 bits per heavy atom. The zero-order valence-electron chi connectivity index (χ0n) is 11.8. The summed E-state index contributed by atoms with van der Waals surface area (Å²) in [4.78, 5) is 17.9. The normalized spacial score (nSPS) is 19.0. The van der Waals surface area contributed by atoms with Gasteiger partial charge < -0.3 is 10.0 Å². The summed E-state index contributed by atoms with van der Waals surface area (Å²) in [5.41, 5.74) is 1.85. The maximum Gasteiger partial charge on any atom is 0.308 e. The number of pyridine rings is 1. The number of carboxylic acid groups (broad SMARTS) is 1. The van der Waals surface area contributed by atoms with Crippen LogP contribution >= 0.6 is 11.6 Å². The van der Waals surface area contributed by atoms with E-state index in [1.807, 2.05) is 31.2 Å². The molecule has 110 valence electrons. The van der Waals surface area contributed by atoms with Gasteiger partial charge in [0.2, 0.25) is 0 Å². The lowest BCUT2D eigenvalue weighted by molar-refractivity contribution is -0.141. The molecule has 3 rings (SSSR count). The van der Waals surface area contributed by atoms with Gasteiger partial charge in [-0.25, -0.2) is 4.98 Å². The van der Waals surface area contributed by atoms with Crippen LogP contribution in [-0.2, 0) is 4.79 Å². The highest BCUT2D eigenvalue weighted by Gasteiger charge is 2.26. The topological polar surface area (TPSA) is 53.4 Å². The molecule has 1 unspecified atom stereocenters. The maximum absolute atomic E-state index is 11.2. The number of carbonyl (C=O) groups is 1. The van der Waals surface area contributed by atoms with Crippen LogP contribution in [0.25, 0.3) is 10.9 Å². The number of fused-ring (bicyclic) bond motifs is 1. The summed E-state index contributed by atoms with van der Waals surface area (Å²) in [6.45, 7) is 3.33. The van der Waals surface area contributed by atoms with Gasteiger partial charge in [0, 0.05) is 23.5 Å². The van der Waals surface area contributed by atoms with Crippen LogP contribution < -0.4 is 4.90 Å². The van der Waals surface area contributed by atoms with Gasteiger partial charge in [0.25, 0.3) is 0 Å². The average Bonchev–Trinajstić information content (AvgIpc) is 2.51. The molecule has 1 aliphatic heterocycles. The molecule has 0 spiro atoms. The fraction of sp³-hybridized carbons (Fsp3) is 0.375. The number of benzene rings is 1. The Kier molecular flexibility index (Phi) is 3.72. The van der Waals surface area contributed by atoms with Crippen molar-refractivity contribution < 1.29 is 9.90 Å². The first kappa shape index (κ1) is 14.1. The molecule has 1 atom stereocenters. The van der Waals surface area contributed by atoms with Crippen LogP contribution in [0.1, 0.15) is 18.4 Å². The van der Waals surface area contributed by atoms with E-state index in [1.165, 1.54) is 0 Å². The van der Waals surface area contributed by atoms with Gasteiger partial charge in [0.1, 0.15) is 5.82 Å². The predicted octanol–water partition coefficient (Wildman–Crippen LogP) is 3.50. The zero-order chi connectivity index (χ0) is 15.0. The van der Waals surface area contributed by atoms with Crippen molar-refractivity contribution in [3.8, 4) is 0 Å². The minimum absolute atomic E-state index is 0.309. The van der Waals surface area contributed by atoms with E-state index in [4.69, 9.17) is 16.6 Å². The third kappa shape index (κ3) is 2.68. The van der Waals surface area contributed by atoms with E-state index in [1.54, 1.807) is 0 Å². The highest BCUT2D eigenvalue weighted by molar-refractivity contribution is 6.32. The number of aliphatic carboxylic acids is 1. The molecular formula is C16H17ClN2O2. The Morgan fingerprint density at radius 3 is 2.90 bits per heavy atom. The van der Waals surface area contributed by atoms with Crippen molar-refractivity contribution in [2.24, 2.45) is 5.92 Å². The third-order valence-electron chi connectivity index (χ3n) is 4.13. The summed E-state index contributed by atoms with van der Waals surface area (Å²) in [6, 6.07) is 7.81. The van der Waals surface area contributed by atoms with Crippen molar-refractivity contribution in [1.29, 1.82) is 0 Å². The molecule has 0 bridgehead atoms. The Labute approximate surface area is 128 Å². The number of nitrogens with zero attached hydrogens (tertiary/aromatic N) is 2. The van der Waals surface area contributed by atoms with Crippen LogP contribution in [0, 0.1) is 12.8 Å². The molecule has 0 amide bonds. The van der Waals surface area contributed by atoms with Crippen LogP contribution in [0.15, 0.2) is 24.3 Å². The summed E-state index contributed by atoms with van der Waals surface area (Å²) in [5, 5.41) is 10.9. The zero-order valence-corrected chi connectivity index (χ0v) is 12.6. The molecule has 5 heteroatoms. The summed E-state index contributed by atoms with van der Waals surface area (Å²) in [5.74, 6) is -0.199. The molecular weight excluding hydrogens is 288 g/mol. The van der Waals surface area contributed by atoms with Gasteiger partial charge in [-0.1, -0.05) is 17.7 Å². The second kappa shape index (κ2) is 5.53. The van der Waals surface area contributed by atoms with E-state index in [0.717, 1.165) is 41.7 Å². The van der Waals surface area contributed by atoms with Gasteiger partial charge in [-0.05, 0) is 43.5 Å². The van der Waals surface area contributed by atoms with Gasteiger partial charge >= 0.3 is 5.97 Å². The van der Waals surface area contributed by atoms with Crippen LogP contribution in [0.2, 0.25) is 5.02 Å². The van der Waals surface area contributed by atoms with Crippen molar-refractivity contribution in [2.75, 3.05) is 18.0 Å². The van der Waals surface area contributed by atoms with Gasteiger partial charge in [0.15, 0.2) is 0 Å². The molecule has 1 N–H and O–H groups in total. The lowest BCUT2D eigenvalue weighted by atomic mass is 9.98. The Balaban J connectivity index is 1.97. The number of piperidine rings is 1. The smallest absolute Gasteiger partial charge is 0.308 e. The number of rotatable bonds is 2. The standard InChI is InChI=1S/C16H17ClN2O2/c1-10-13(17)6-4-11-5-7-14(18-15(10)11)19-8-2-3-12(9-19)16(20)21/h4-7,12H,2-3,8-9H2,1H3,(H,20,21). The molecule has 0 aliphatic carbocycles. The predicted molar refractivity (Wildman–Crippen MR) is 84.1 cm³/mol. The first-order valence-electron chi connectivity index (χ1n) is 7.10. The molecule has 0 radical (unpaired) electrons. The molecule has 21 heavy (non-hydrogen) atoms. The largest absolute Gasteiger partial charge is 0.481 e. The number of hydrogen-bond donors (Lipinski definition) is 1. The van der Waals surface area contributed by atoms with Gasteiger partial charge in [-0.3, -0.25) is 4.79 Å². The molecule has 2 heterocycles. The Bertz CT molecular complexity index is 702. The molecule has 0 saturated carbocycles. The fourth-order valence-corrected chi connectivity index (χ4v) is 3.01. The number of aryl methyl sites for hydroxylation is 1. The number of carboxylic acids is 1. The minimum atomic E-state index is -0.722. The molecule has 4 nitrogen and oxygen atoms in total. The fourth-order valence-electron chi connectivity index (χ4n) is 2.86. The minimum Gasteiger partial charge on any atom is -0.481 e. The molecule has 1 aliphatic rings. The number of anilines is 1. The van der Waals surface area contributed by atoms with E-state index >= 15 is 0 Å². The van der Waals surface area contributed by atoms with E-state index in [-0.39, 0.29) is 5.92 Å². The summed E-state index contributed by atoms with van der Waals surface area (Å²) in [7, 11) is 0. The third-order valence-corrected chi connectivity index (χ3v) is 4.54. The molecule has 1 fully saturated rings. The molecule has 1 aromatic heterocycles. The highest BCUT2D eigenvalue weighted by Crippen LogP contribution is 2.28. The Morgan fingerprint density at radius 1 is 1.38 bits per heavy atom. The van der Waals surface area contributed by atoms with E-state index in [9.17, 15) is 9.90 Å². The molecule has 2 aromatic rings. The summed E-state index contributed by atoms with van der Waals surface area (Å²) in [6.07, 6.45) is 1.62. The molecule has 1 saturated heterocycles. The summed E-state index contributed by atoms with van der Waals surface area (Å²) >= 11 is 6.16. The SMILES string of the molecule is Cc1c(Cl)ccc2ccc(N3CCCC(C(=O)O)C3)nc12.